The maximum absolute atomic E-state index is 12.6. The van der Waals surface area contributed by atoms with Crippen LogP contribution in [0.25, 0.3) is 0 Å². The minimum atomic E-state index is -0.343. The molecule has 2 amide bonds. The maximum atomic E-state index is 12.6. The number of allylic oxidation sites excluding steroid dienone is 2. The van der Waals surface area contributed by atoms with Crippen LogP contribution in [0.4, 0.5) is 0 Å². The van der Waals surface area contributed by atoms with E-state index in [-0.39, 0.29) is 29.2 Å². The molecule has 0 spiro atoms. The lowest BCUT2D eigenvalue weighted by Crippen LogP contribution is -2.56. The van der Waals surface area contributed by atoms with E-state index in [0.717, 1.165) is 0 Å². The van der Waals surface area contributed by atoms with Gasteiger partial charge in [0.1, 0.15) is 6.04 Å². The van der Waals surface area contributed by atoms with Gasteiger partial charge in [0.15, 0.2) is 0 Å². The summed E-state index contributed by atoms with van der Waals surface area (Å²) < 4.78 is 0. The fourth-order valence-electron chi connectivity index (χ4n) is 3.08. The normalized spacial score (nSPS) is 32.6. The van der Waals surface area contributed by atoms with E-state index < -0.39 is 0 Å². The highest BCUT2D eigenvalue weighted by atomic mass is 16.2. The number of piperazine rings is 1. The van der Waals surface area contributed by atoms with Crippen LogP contribution >= 0.6 is 0 Å². The summed E-state index contributed by atoms with van der Waals surface area (Å²) in [4.78, 5) is 26.0. The average Bonchev–Trinajstić information content (AvgIpc) is 2.82. The zero-order valence-electron chi connectivity index (χ0n) is 12.5. The predicted octanol–water partition coefficient (Wildman–Crippen LogP) is 1.57. The molecule has 19 heavy (non-hydrogen) atoms. The molecule has 1 aliphatic heterocycles. The second-order valence-electron chi connectivity index (χ2n) is 6.57. The van der Waals surface area contributed by atoms with Crippen LogP contribution in [-0.2, 0) is 9.59 Å². The van der Waals surface area contributed by atoms with Gasteiger partial charge in [0, 0.05) is 13.1 Å². The van der Waals surface area contributed by atoms with Crippen molar-refractivity contribution in [1.82, 2.24) is 10.2 Å². The van der Waals surface area contributed by atoms with E-state index in [9.17, 15) is 9.59 Å². The van der Waals surface area contributed by atoms with Gasteiger partial charge in [-0.05, 0) is 32.1 Å². The summed E-state index contributed by atoms with van der Waals surface area (Å²) in [5.41, 5.74) is 1.26. The molecule has 1 heterocycles. The second kappa shape index (κ2) is 4.66. The zero-order valence-corrected chi connectivity index (χ0v) is 12.5. The highest BCUT2D eigenvalue weighted by Gasteiger charge is 2.61. The molecule has 0 radical (unpaired) electrons. The number of nitrogens with one attached hydrogen (secondary N) is 1. The van der Waals surface area contributed by atoms with Gasteiger partial charge >= 0.3 is 0 Å². The highest BCUT2D eigenvalue weighted by molar-refractivity contribution is 5.91. The molecule has 2 aliphatic rings. The molecule has 0 aromatic carbocycles. The minimum Gasteiger partial charge on any atom is -0.353 e. The lowest BCUT2D eigenvalue weighted by atomic mass is 10.1. The van der Waals surface area contributed by atoms with E-state index >= 15 is 0 Å². The highest BCUT2D eigenvalue weighted by Crippen LogP contribution is 2.60. The number of carbonyl (C=O) groups excluding carboxylic acids is 2. The molecular formula is C15H24N2O2. The molecule has 0 bridgehead atoms. The topological polar surface area (TPSA) is 49.4 Å². The Hall–Kier alpha value is -1.32. The smallest absolute Gasteiger partial charge is 0.242 e. The number of hydrogen-bond donors (Lipinski definition) is 1. The number of nitrogens with zero attached hydrogens (tertiary/aromatic N) is 1. The molecule has 106 valence electrons. The van der Waals surface area contributed by atoms with Crippen molar-refractivity contribution in [2.24, 2.45) is 17.3 Å². The lowest BCUT2D eigenvalue weighted by Gasteiger charge is -2.33. The van der Waals surface area contributed by atoms with E-state index in [4.69, 9.17) is 0 Å². The maximum Gasteiger partial charge on any atom is 0.242 e. The molecular weight excluding hydrogens is 240 g/mol. The monoisotopic (exact) mass is 264 g/mol. The third-order valence-electron chi connectivity index (χ3n) is 4.47. The van der Waals surface area contributed by atoms with Gasteiger partial charge in [-0.25, -0.2) is 0 Å². The van der Waals surface area contributed by atoms with Gasteiger partial charge in [-0.2, -0.15) is 0 Å². The zero-order chi connectivity index (χ0) is 14.4. The Morgan fingerprint density at radius 3 is 2.63 bits per heavy atom. The largest absolute Gasteiger partial charge is 0.353 e. The Kier molecular flexibility index (Phi) is 3.45. The molecule has 4 heteroatoms. The van der Waals surface area contributed by atoms with E-state index in [1.54, 1.807) is 11.8 Å². The van der Waals surface area contributed by atoms with Crippen molar-refractivity contribution in [3.63, 3.8) is 0 Å². The van der Waals surface area contributed by atoms with Crippen molar-refractivity contribution in [3.05, 3.63) is 11.6 Å². The molecule has 1 saturated carbocycles. The third-order valence-corrected chi connectivity index (χ3v) is 4.47. The number of rotatable bonds is 2. The molecule has 0 aromatic rings. The van der Waals surface area contributed by atoms with E-state index in [1.807, 2.05) is 0 Å². The third kappa shape index (κ3) is 2.40. The molecule has 0 aromatic heterocycles. The average molecular weight is 264 g/mol. The van der Waals surface area contributed by atoms with Gasteiger partial charge in [0.05, 0.1) is 5.92 Å². The number of hydrogen-bond acceptors (Lipinski definition) is 2. The van der Waals surface area contributed by atoms with Crippen LogP contribution in [0, 0.1) is 17.3 Å². The quantitative estimate of drug-likeness (QED) is 0.770. The van der Waals surface area contributed by atoms with E-state index in [0.29, 0.717) is 19.0 Å². The van der Waals surface area contributed by atoms with Gasteiger partial charge in [-0.3, -0.25) is 9.59 Å². The minimum absolute atomic E-state index is 0.0159. The summed E-state index contributed by atoms with van der Waals surface area (Å²) in [6.07, 6.45) is 2.19. The van der Waals surface area contributed by atoms with Crippen LogP contribution in [0.5, 0.6) is 0 Å². The van der Waals surface area contributed by atoms with Crippen molar-refractivity contribution < 1.29 is 9.59 Å². The first-order valence-electron chi connectivity index (χ1n) is 7.00. The van der Waals surface area contributed by atoms with Crippen LogP contribution in [0.3, 0.4) is 0 Å². The summed E-state index contributed by atoms with van der Waals surface area (Å²) in [7, 11) is 0. The summed E-state index contributed by atoms with van der Waals surface area (Å²) in [5.74, 6) is 0.421. The Labute approximate surface area is 115 Å². The van der Waals surface area contributed by atoms with E-state index in [1.165, 1.54) is 5.57 Å². The van der Waals surface area contributed by atoms with Gasteiger partial charge in [-0.1, -0.05) is 25.5 Å². The Morgan fingerprint density at radius 1 is 1.42 bits per heavy atom. The van der Waals surface area contributed by atoms with E-state index in [2.05, 4.69) is 39.1 Å². The Bertz CT molecular complexity index is 435. The van der Waals surface area contributed by atoms with Crippen LogP contribution in [0.2, 0.25) is 0 Å². The Morgan fingerprint density at radius 2 is 2.05 bits per heavy atom. The Balaban J connectivity index is 2.13. The molecule has 0 unspecified atom stereocenters. The molecule has 1 saturated heterocycles. The van der Waals surface area contributed by atoms with Crippen molar-refractivity contribution >= 4 is 11.8 Å². The molecule has 2 fully saturated rings. The first-order valence-corrected chi connectivity index (χ1v) is 7.00. The van der Waals surface area contributed by atoms with Crippen LogP contribution < -0.4 is 5.32 Å². The fraction of sp³-hybridized carbons (Fsp3) is 0.733. The standard InChI is InChI=1S/C15H24N2O2/c1-9(2)8-11-12(15(11,4)5)14(19)17-7-6-16-13(18)10(17)3/h8,10-12H,6-7H2,1-5H3,(H,16,18)/t10-,11-,12+/m0/s1. The lowest BCUT2D eigenvalue weighted by molar-refractivity contribution is -0.144. The molecule has 1 N–H and O–H groups in total. The summed E-state index contributed by atoms with van der Waals surface area (Å²) in [6, 6.07) is -0.343. The summed E-state index contributed by atoms with van der Waals surface area (Å²) >= 11 is 0. The molecule has 3 atom stereocenters. The fourth-order valence-corrected chi connectivity index (χ4v) is 3.08. The summed E-state index contributed by atoms with van der Waals surface area (Å²) in [6.45, 7) is 11.4. The van der Waals surface area contributed by atoms with Gasteiger partial charge in [0.2, 0.25) is 11.8 Å². The van der Waals surface area contributed by atoms with Crippen LogP contribution in [0.15, 0.2) is 11.6 Å². The van der Waals surface area contributed by atoms with Crippen LogP contribution in [-0.4, -0.2) is 35.8 Å². The molecule has 2 rings (SSSR count). The van der Waals surface area contributed by atoms with Gasteiger partial charge in [-0.15, -0.1) is 0 Å². The number of amides is 2. The van der Waals surface area contributed by atoms with Gasteiger partial charge in [0.25, 0.3) is 0 Å². The SMILES string of the molecule is CC(C)=C[C@H]1[C@H](C(=O)N2CCNC(=O)[C@@H]2C)C1(C)C. The number of carbonyl (C=O) groups is 2. The second-order valence-corrected chi connectivity index (χ2v) is 6.57. The van der Waals surface area contributed by atoms with Gasteiger partial charge < -0.3 is 10.2 Å². The van der Waals surface area contributed by atoms with Crippen LogP contribution in [0.1, 0.15) is 34.6 Å². The van der Waals surface area contributed by atoms with Crippen molar-refractivity contribution in [2.45, 2.75) is 40.7 Å². The first kappa shape index (κ1) is 14.1. The summed E-state index contributed by atoms with van der Waals surface area (Å²) in [5, 5.41) is 2.80. The van der Waals surface area contributed by atoms with Crippen molar-refractivity contribution in [1.29, 1.82) is 0 Å². The van der Waals surface area contributed by atoms with Crippen molar-refractivity contribution in [2.75, 3.05) is 13.1 Å². The molecule has 1 aliphatic carbocycles. The first-order chi connectivity index (χ1) is 8.76. The molecule has 4 nitrogen and oxygen atoms in total. The predicted molar refractivity (Wildman–Crippen MR) is 74.4 cm³/mol. The van der Waals surface area contributed by atoms with Crippen molar-refractivity contribution in [3.8, 4) is 0 Å².